The maximum absolute atomic E-state index is 10.5. The van der Waals surface area contributed by atoms with Crippen LogP contribution in [0, 0.1) is 0 Å². The molecule has 2 N–H and O–H groups in total. The lowest BCUT2D eigenvalue weighted by atomic mass is 10.2. The molecule has 0 fully saturated rings. The first-order valence-electron chi connectivity index (χ1n) is 6.33. The summed E-state index contributed by atoms with van der Waals surface area (Å²) >= 11 is 0. The summed E-state index contributed by atoms with van der Waals surface area (Å²) in [6.45, 7) is 3.12. The van der Waals surface area contributed by atoms with Crippen LogP contribution in [0.3, 0.4) is 0 Å². The van der Waals surface area contributed by atoms with Crippen LogP contribution in [0.1, 0.15) is 26.2 Å². The molecule has 4 nitrogen and oxygen atoms in total. The van der Waals surface area contributed by atoms with E-state index in [1.807, 2.05) is 42.2 Å². The van der Waals surface area contributed by atoms with Crippen molar-refractivity contribution in [1.29, 1.82) is 0 Å². The van der Waals surface area contributed by atoms with E-state index in [9.17, 15) is 9.90 Å². The summed E-state index contributed by atoms with van der Waals surface area (Å²) in [6.07, 6.45) is 1.06. The van der Waals surface area contributed by atoms with Gasteiger partial charge in [0, 0.05) is 25.2 Å². The van der Waals surface area contributed by atoms with E-state index in [1.54, 1.807) is 0 Å². The first kappa shape index (κ1) is 14.5. The molecule has 1 atom stereocenters. The van der Waals surface area contributed by atoms with Gasteiger partial charge < -0.3 is 15.1 Å². The summed E-state index contributed by atoms with van der Waals surface area (Å²) in [5, 5.41) is 18.4. The van der Waals surface area contributed by atoms with Crippen molar-refractivity contribution in [3.8, 4) is 0 Å². The van der Waals surface area contributed by atoms with Gasteiger partial charge in [-0.05, 0) is 25.0 Å². The average Bonchev–Trinajstić information content (AvgIpc) is 2.38. The number of hydrogen-bond donors (Lipinski definition) is 2. The van der Waals surface area contributed by atoms with Crippen LogP contribution < -0.4 is 4.90 Å². The number of aliphatic carboxylic acids is 1. The van der Waals surface area contributed by atoms with Crippen LogP contribution in [0.4, 0.5) is 5.69 Å². The average molecular weight is 251 g/mol. The number of carboxylic acid groups (broad SMARTS) is 1. The Bertz CT molecular complexity index is 353. The number of carboxylic acids is 1. The number of aliphatic hydroxyl groups is 1. The van der Waals surface area contributed by atoms with Crippen LogP contribution in [0.25, 0.3) is 0 Å². The highest BCUT2D eigenvalue weighted by Crippen LogP contribution is 2.15. The summed E-state index contributed by atoms with van der Waals surface area (Å²) in [4.78, 5) is 12.6. The van der Waals surface area contributed by atoms with Crippen molar-refractivity contribution in [2.24, 2.45) is 0 Å². The Kier molecular flexibility index (Phi) is 6.22. The van der Waals surface area contributed by atoms with Crippen LogP contribution in [-0.4, -0.2) is 35.4 Å². The van der Waals surface area contributed by atoms with E-state index in [1.165, 1.54) is 0 Å². The summed E-state index contributed by atoms with van der Waals surface area (Å²) in [6, 6.07) is 9.77. The van der Waals surface area contributed by atoms with Gasteiger partial charge in [0.2, 0.25) is 0 Å². The lowest BCUT2D eigenvalue weighted by molar-refractivity contribution is -0.137. The molecule has 0 aromatic heterocycles. The molecular weight excluding hydrogens is 230 g/mol. The van der Waals surface area contributed by atoms with Gasteiger partial charge in [-0.15, -0.1) is 0 Å². The summed E-state index contributed by atoms with van der Waals surface area (Å²) < 4.78 is 0. The third-order valence-corrected chi connectivity index (χ3v) is 2.84. The number of hydrogen-bond acceptors (Lipinski definition) is 3. The molecule has 0 amide bonds. The molecular formula is C14H21NO3. The van der Waals surface area contributed by atoms with Gasteiger partial charge in [-0.2, -0.15) is 0 Å². The molecule has 4 heteroatoms. The van der Waals surface area contributed by atoms with Crippen LogP contribution in [0.15, 0.2) is 30.3 Å². The van der Waals surface area contributed by atoms with Gasteiger partial charge in [-0.3, -0.25) is 4.79 Å². The number of anilines is 1. The lowest BCUT2D eigenvalue weighted by Crippen LogP contribution is -2.33. The number of para-hydroxylation sites is 1. The number of rotatable bonds is 8. The Balaban J connectivity index is 2.60. The lowest BCUT2D eigenvalue weighted by Gasteiger charge is -2.26. The first-order valence-corrected chi connectivity index (χ1v) is 6.33. The first-order chi connectivity index (χ1) is 8.63. The fraction of sp³-hybridized carbons (Fsp3) is 0.500. The van der Waals surface area contributed by atoms with E-state index in [0.717, 1.165) is 5.69 Å². The molecule has 1 aromatic carbocycles. The molecule has 0 aliphatic carbocycles. The third kappa shape index (κ3) is 5.19. The fourth-order valence-electron chi connectivity index (χ4n) is 1.77. The normalized spacial score (nSPS) is 12.1. The monoisotopic (exact) mass is 251 g/mol. The van der Waals surface area contributed by atoms with Gasteiger partial charge in [0.05, 0.1) is 6.10 Å². The van der Waals surface area contributed by atoms with Gasteiger partial charge in [0.1, 0.15) is 0 Å². The maximum atomic E-state index is 10.5. The SMILES string of the molecule is CCC(O)CN(CCCC(=O)O)c1ccccc1. The largest absolute Gasteiger partial charge is 0.481 e. The van der Waals surface area contributed by atoms with Crippen molar-refractivity contribution in [1.82, 2.24) is 0 Å². The zero-order valence-corrected chi connectivity index (χ0v) is 10.7. The molecule has 0 bridgehead atoms. The van der Waals surface area contributed by atoms with E-state index < -0.39 is 5.97 Å². The van der Waals surface area contributed by atoms with Crippen LogP contribution in [-0.2, 0) is 4.79 Å². The Morgan fingerprint density at radius 3 is 2.56 bits per heavy atom. The van der Waals surface area contributed by atoms with Crippen molar-refractivity contribution in [2.75, 3.05) is 18.0 Å². The smallest absolute Gasteiger partial charge is 0.303 e. The van der Waals surface area contributed by atoms with Crippen LogP contribution in [0.5, 0.6) is 0 Å². The number of carbonyl (C=O) groups is 1. The minimum Gasteiger partial charge on any atom is -0.481 e. The summed E-state index contributed by atoms with van der Waals surface area (Å²) in [5.74, 6) is -0.779. The molecule has 0 spiro atoms. The second-order valence-electron chi connectivity index (χ2n) is 4.34. The summed E-state index contributed by atoms with van der Waals surface area (Å²) in [7, 11) is 0. The number of nitrogens with zero attached hydrogens (tertiary/aromatic N) is 1. The van der Waals surface area contributed by atoms with Gasteiger partial charge in [-0.25, -0.2) is 0 Å². The van der Waals surface area contributed by atoms with Gasteiger partial charge in [0.25, 0.3) is 0 Å². The molecule has 0 aliphatic heterocycles. The van der Waals surface area contributed by atoms with Gasteiger partial charge in [0.15, 0.2) is 0 Å². The van der Waals surface area contributed by atoms with E-state index in [2.05, 4.69) is 0 Å². The van der Waals surface area contributed by atoms with Crippen molar-refractivity contribution in [3.05, 3.63) is 30.3 Å². The molecule has 1 rings (SSSR count). The molecule has 0 heterocycles. The molecule has 18 heavy (non-hydrogen) atoms. The van der Waals surface area contributed by atoms with Crippen LogP contribution in [0.2, 0.25) is 0 Å². The van der Waals surface area contributed by atoms with E-state index in [-0.39, 0.29) is 12.5 Å². The molecule has 100 valence electrons. The van der Waals surface area contributed by atoms with Gasteiger partial charge in [-0.1, -0.05) is 25.1 Å². The standard InChI is InChI=1S/C14H21NO3/c1-2-13(16)11-15(10-6-9-14(17)18)12-7-4-3-5-8-12/h3-5,7-8,13,16H,2,6,9-11H2,1H3,(H,17,18). The predicted octanol–water partition coefficient (Wildman–Crippen LogP) is 2.13. The maximum Gasteiger partial charge on any atom is 0.303 e. The molecule has 0 saturated carbocycles. The van der Waals surface area contributed by atoms with E-state index >= 15 is 0 Å². The Hall–Kier alpha value is -1.55. The molecule has 0 radical (unpaired) electrons. The third-order valence-electron chi connectivity index (χ3n) is 2.84. The van der Waals surface area contributed by atoms with E-state index in [4.69, 9.17) is 5.11 Å². The second kappa shape index (κ2) is 7.71. The summed E-state index contributed by atoms with van der Waals surface area (Å²) in [5.41, 5.74) is 1.02. The highest BCUT2D eigenvalue weighted by molar-refractivity contribution is 5.66. The molecule has 0 aliphatic rings. The molecule has 1 unspecified atom stereocenters. The zero-order valence-electron chi connectivity index (χ0n) is 10.7. The van der Waals surface area contributed by atoms with E-state index in [0.29, 0.717) is 25.9 Å². The Morgan fingerprint density at radius 2 is 2.00 bits per heavy atom. The van der Waals surface area contributed by atoms with Gasteiger partial charge >= 0.3 is 5.97 Å². The van der Waals surface area contributed by atoms with Crippen molar-refractivity contribution < 1.29 is 15.0 Å². The minimum absolute atomic E-state index is 0.158. The highest BCUT2D eigenvalue weighted by atomic mass is 16.4. The van der Waals surface area contributed by atoms with Crippen molar-refractivity contribution in [3.63, 3.8) is 0 Å². The number of benzene rings is 1. The van der Waals surface area contributed by atoms with Crippen molar-refractivity contribution in [2.45, 2.75) is 32.3 Å². The Labute approximate surface area is 108 Å². The zero-order chi connectivity index (χ0) is 13.4. The topological polar surface area (TPSA) is 60.8 Å². The van der Waals surface area contributed by atoms with Crippen LogP contribution >= 0.6 is 0 Å². The molecule has 0 saturated heterocycles. The second-order valence-corrected chi connectivity index (χ2v) is 4.34. The fourth-order valence-corrected chi connectivity index (χ4v) is 1.77. The number of aliphatic hydroxyl groups excluding tert-OH is 1. The Morgan fingerprint density at radius 1 is 1.33 bits per heavy atom. The minimum atomic E-state index is -0.779. The molecule has 1 aromatic rings. The van der Waals surface area contributed by atoms with Crippen molar-refractivity contribution >= 4 is 11.7 Å². The highest BCUT2D eigenvalue weighted by Gasteiger charge is 2.11. The predicted molar refractivity (Wildman–Crippen MR) is 71.8 cm³/mol. The quantitative estimate of drug-likeness (QED) is 0.743.